The molecule has 6 nitrogen and oxygen atoms in total. The number of aromatic nitrogens is 2. The Kier molecular flexibility index (Phi) is 6.10. The first-order chi connectivity index (χ1) is 15.4. The second kappa shape index (κ2) is 8.96. The van der Waals surface area contributed by atoms with E-state index in [1.54, 1.807) is 24.3 Å². The number of benzene rings is 2. The molecule has 0 aliphatic heterocycles. The zero-order valence-electron chi connectivity index (χ0n) is 18.6. The Hall–Kier alpha value is -3.45. The van der Waals surface area contributed by atoms with Crippen LogP contribution in [0.4, 0.5) is 5.69 Å². The van der Waals surface area contributed by atoms with E-state index in [0.717, 1.165) is 21.8 Å². The summed E-state index contributed by atoms with van der Waals surface area (Å²) in [5.74, 6) is 0.445. The molecule has 4 aromatic rings. The number of nitrogens with zero attached hydrogens (tertiary/aromatic N) is 2. The Morgan fingerprint density at radius 3 is 2.53 bits per heavy atom. The molecule has 7 heteroatoms. The summed E-state index contributed by atoms with van der Waals surface area (Å²) in [6, 6.07) is 13.3. The van der Waals surface area contributed by atoms with Gasteiger partial charge in [0.15, 0.2) is 0 Å². The van der Waals surface area contributed by atoms with Crippen LogP contribution in [-0.4, -0.2) is 22.1 Å². The van der Waals surface area contributed by atoms with E-state index in [4.69, 9.17) is 4.74 Å². The van der Waals surface area contributed by atoms with E-state index in [2.05, 4.69) is 36.3 Å². The van der Waals surface area contributed by atoms with E-state index in [-0.39, 0.29) is 18.0 Å². The molecule has 32 heavy (non-hydrogen) atoms. The number of thiophene rings is 1. The van der Waals surface area contributed by atoms with Gasteiger partial charge in [0, 0.05) is 16.1 Å². The maximum atomic E-state index is 13.3. The number of rotatable bonds is 6. The Bertz CT molecular complexity index is 1350. The van der Waals surface area contributed by atoms with Gasteiger partial charge in [0.1, 0.15) is 17.1 Å². The van der Waals surface area contributed by atoms with E-state index in [9.17, 15) is 9.59 Å². The van der Waals surface area contributed by atoms with Gasteiger partial charge in [0.25, 0.3) is 5.56 Å². The van der Waals surface area contributed by atoms with Crippen LogP contribution >= 0.6 is 11.3 Å². The van der Waals surface area contributed by atoms with E-state index in [1.165, 1.54) is 33.4 Å². The van der Waals surface area contributed by atoms with Gasteiger partial charge in [0.05, 0.1) is 18.3 Å². The number of carbonyl (C=O) groups excluding carboxylic acids is 1. The number of anilines is 1. The first-order valence-corrected chi connectivity index (χ1v) is 11.3. The standard InChI is InChI=1S/C25H25N3O3S/c1-5-31-20-10-8-19(9-11-20)27-21(29)13-28-14-26-24-23(25(28)30)22(17(4)32-24)18-7-6-15(2)16(3)12-18/h6-12,14H,5,13H2,1-4H3,(H,27,29). The number of hydrogen-bond donors (Lipinski definition) is 1. The van der Waals surface area contributed by atoms with Crippen LogP contribution in [0.2, 0.25) is 0 Å². The number of aryl methyl sites for hydroxylation is 3. The van der Waals surface area contributed by atoms with Crippen molar-refractivity contribution < 1.29 is 9.53 Å². The van der Waals surface area contributed by atoms with Crippen LogP contribution in [0.1, 0.15) is 22.9 Å². The van der Waals surface area contributed by atoms with Crippen LogP contribution in [-0.2, 0) is 11.3 Å². The molecule has 0 bridgehead atoms. The third-order valence-corrected chi connectivity index (χ3v) is 6.43. The molecule has 1 amide bonds. The zero-order valence-corrected chi connectivity index (χ0v) is 19.4. The van der Waals surface area contributed by atoms with Crippen molar-refractivity contribution in [3.05, 3.63) is 75.1 Å². The molecule has 0 fully saturated rings. The van der Waals surface area contributed by atoms with Gasteiger partial charge in [-0.25, -0.2) is 4.98 Å². The molecule has 1 N–H and O–H groups in total. The molecular formula is C25H25N3O3S. The highest BCUT2D eigenvalue weighted by molar-refractivity contribution is 7.19. The van der Waals surface area contributed by atoms with Crippen LogP contribution < -0.4 is 15.6 Å². The molecule has 2 aromatic carbocycles. The molecule has 0 unspecified atom stereocenters. The summed E-state index contributed by atoms with van der Waals surface area (Å²) in [5.41, 5.74) is 4.68. The predicted octanol–water partition coefficient (Wildman–Crippen LogP) is 5.09. The normalized spacial score (nSPS) is 11.0. The minimum atomic E-state index is -0.294. The fraction of sp³-hybridized carbons (Fsp3) is 0.240. The SMILES string of the molecule is CCOc1ccc(NC(=O)Cn2cnc3sc(C)c(-c4ccc(C)c(C)c4)c3c2=O)cc1. The molecule has 0 aliphatic carbocycles. The molecule has 164 valence electrons. The fourth-order valence-corrected chi connectivity index (χ4v) is 4.65. The van der Waals surface area contributed by atoms with E-state index in [1.807, 2.05) is 19.9 Å². The summed E-state index contributed by atoms with van der Waals surface area (Å²) in [7, 11) is 0. The van der Waals surface area contributed by atoms with Crippen LogP contribution in [0.3, 0.4) is 0 Å². The average Bonchev–Trinajstić information content (AvgIpc) is 3.10. The van der Waals surface area contributed by atoms with Gasteiger partial charge in [-0.05, 0) is 68.7 Å². The molecule has 0 atom stereocenters. The lowest BCUT2D eigenvalue weighted by atomic mass is 9.99. The quantitative estimate of drug-likeness (QED) is 0.447. The number of nitrogens with one attached hydrogen (secondary N) is 1. The van der Waals surface area contributed by atoms with Gasteiger partial charge in [0.2, 0.25) is 5.91 Å². The number of ether oxygens (including phenoxy) is 1. The Labute approximate surface area is 190 Å². The largest absolute Gasteiger partial charge is 0.494 e. The van der Waals surface area contributed by atoms with Crippen molar-refractivity contribution in [2.45, 2.75) is 34.2 Å². The fourth-order valence-electron chi connectivity index (χ4n) is 3.65. The highest BCUT2D eigenvalue weighted by Crippen LogP contribution is 2.36. The Morgan fingerprint density at radius 1 is 1.09 bits per heavy atom. The predicted molar refractivity (Wildman–Crippen MR) is 130 cm³/mol. The zero-order chi connectivity index (χ0) is 22.8. The van der Waals surface area contributed by atoms with Crippen LogP contribution in [0.5, 0.6) is 5.75 Å². The lowest BCUT2D eigenvalue weighted by Crippen LogP contribution is -2.27. The highest BCUT2D eigenvalue weighted by atomic mass is 32.1. The molecule has 0 saturated heterocycles. The van der Waals surface area contributed by atoms with Gasteiger partial charge in [-0.3, -0.25) is 14.2 Å². The summed E-state index contributed by atoms with van der Waals surface area (Å²) in [4.78, 5) is 32.1. The lowest BCUT2D eigenvalue weighted by molar-refractivity contribution is -0.116. The third kappa shape index (κ3) is 4.29. The molecule has 0 saturated carbocycles. The topological polar surface area (TPSA) is 73.2 Å². The van der Waals surface area contributed by atoms with Crippen molar-refractivity contribution in [2.75, 3.05) is 11.9 Å². The van der Waals surface area contributed by atoms with Gasteiger partial charge in [-0.15, -0.1) is 11.3 Å². The van der Waals surface area contributed by atoms with Crippen molar-refractivity contribution in [1.29, 1.82) is 0 Å². The van der Waals surface area contributed by atoms with E-state index >= 15 is 0 Å². The number of hydrogen-bond acceptors (Lipinski definition) is 5. The highest BCUT2D eigenvalue weighted by Gasteiger charge is 2.18. The number of carbonyl (C=O) groups is 1. The van der Waals surface area contributed by atoms with Gasteiger partial charge in [-0.1, -0.05) is 18.2 Å². The monoisotopic (exact) mass is 447 g/mol. The number of fused-ring (bicyclic) bond motifs is 1. The summed E-state index contributed by atoms with van der Waals surface area (Å²) in [6.07, 6.45) is 1.45. The minimum Gasteiger partial charge on any atom is -0.494 e. The van der Waals surface area contributed by atoms with Crippen LogP contribution in [0, 0.1) is 20.8 Å². The maximum Gasteiger partial charge on any atom is 0.263 e. The molecule has 2 aromatic heterocycles. The van der Waals surface area contributed by atoms with Crippen molar-refractivity contribution in [3.63, 3.8) is 0 Å². The second-order valence-electron chi connectivity index (χ2n) is 7.70. The maximum absolute atomic E-state index is 13.3. The molecular weight excluding hydrogens is 422 g/mol. The van der Waals surface area contributed by atoms with Gasteiger partial charge >= 0.3 is 0 Å². The molecule has 2 heterocycles. The Morgan fingerprint density at radius 2 is 1.84 bits per heavy atom. The van der Waals surface area contributed by atoms with Gasteiger partial charge in [-0.2, -0.15) is 0 Å². The minimum absolute atomic E-state index is 0.115. The smallest absolute Gasteiger partial charge is 0.263 e. The van der Waals surface area contributed by atoms with E-state index < -0.39 is 0 Å². The van der Waals surface area contributed by atoms with Crippen LogP contribution in [0.15, 0.2) is 53.6 Å². The molecule has 0 radical (unpaired) electrons. The average molecular weight is 448 g/mol. The van der Waals surface area contributed by atoms with Crippen molar-refractivity contribution in [1.82, 2.24) is 9.55 Å². The second-order valence-corrected chi connectivity index (χ2v) is 8.90. The van der Waals surface area contributed by atoms with Gasteiger partial charge < -0.3 is 10.1 Å². The number of amides is 1. The first kappa shape index (κ1) is 21.8. The van der Waals surface area contributed by atoms with Crippen LogP contribution in [0.25, 0.3) is 21.3 Å². The lowest BCUT2D eigenvalue weighted by Gasteiger charge is -2.09. The molecule has 0 aliphatic rings. The van der Waals surface area contributed by atoms with Crippen molar-refractivity contribution in [3.8, 4) is 16.9 Å². The molecule has 4 rings (SSSR count). The third-order valence-electron chi connectivity index (χ3n) is 5.41. The van der Waals surface area contributed by atoms with Crippen molar-refractivity contribution in [2.24, 2.45) is 0 Å². The molecule has 0 spiro atoms. The first-order valence-electron chi connectivity index (χ1n) is 10.5. The Balaban J connectivity index is 1.64. The van der Waals surface area contributed by atoms with Crippen molar-refractivity contribution >= 4 is 33.1 Å². The summed E-state index contributed by atoms with van der Waals surface area (Å²) < 4.78 is 6.78. The van der Waals surface area contributed by atoms with E-state index in [0.29, 0.717) is 22.5 Å². The summed E-state index contributed by atoms with van der Waals surface area (Å²) in [5, 5.41) is 3.38. The summed E-state index contributed by atoms with van der Waals surface area (Å²) >= 11 is 1.50. The summed E-state index contributed by atoms with van der Waals surface area (Å²) in [6.45, 7) is 8.50.